The summed E-state index contributed by atoms with van der Waals surface area (Å²) >= 11 is 5.89. The minimum atomic E-state index is -0.699. The quantitative estimate of drug-likeness (QED) is 0.388. The lowest BCUT2D eigenvalue weighted by Crippen LogP contribution is -2.22. The molecule has 1 aromatic carbocycles. The third-order valence-electron chi connectivity index (χ3n) is 3.18. The van der Waals surface area contributed by atoms with Gasteiger partial charge in [-0.05, 0) is 6.07 Å². The molecule has 0 aliphatic heterocycles. The van der Waals surface area contributed by atoms with Crippen LogP contribution < -0.4 is 11.3 Å². The first-order valence-electron chi connectivity index (χ1n) is 6.44. The van der Waals surface area contributed by atoms with Crippen molar-refractivity contribution in [2.24, 2.45) is 0 Å². The van der Waals surface area contributed by atoms with Crippen molar-refractivity contribution >= 4 is 34.8 Å². The number of ketones is 1. The van der Waals surface area contributed by atoms with E-state index in [0.717, 1.165) is 4.52 Å². The van der Waals surface area contributed by atoms with Crippen molar-refractivity contribution in [2.75, 3.05) is 5.73 Å². The average molecular weight is 350 g/mol. The zero-order valence-corrected chi connectivity index (χ0v) is 12.5. The number of carbonyl (C=O) groups is 1. The van der Waals surface area contributed by atoms with Crippen molar-refractivity contribution < 1.29 is 9.72 Å². The number of halogens is 1. The second-order valence-corrected chi connectivity index (χ2v) is 5.07. The summed E-state index contributed by atoms with van der Waals surface area (Å²) < 4.78 is 1.07. The summed E-state index contributed by atoms with van der Waals surface area (Å²) in [5, 5.41) is 20.1. The Morgan fingerprint density at radius 1 is 1.42 bits per heavy atom. The first-order chi connectivity index (χ1) is 11.4. The van der Waals surface area contributed by atoms with Gasteiger partial charge in [0.2, 0.25) is 5.95 Å². The normalized spacial score (nSPS) is 10.9. The molecule has 0 amide bonds. The lowest BCUT2D eigenvalue weighted by molar-refractivity contribution is -0.384. The Hall–Kier alpha value is -3.34. The van der Waals surface area contributed by atoms with Gasteiger partial charge in [-0.25, -0.2) is 4.98 Å². The lowest BCUT2D eigenvalue weighted by atomic mass is 10.1. The van der Waals surface area contributed by atoms with Crippen LogP contribution in [-0.4, -0.2) is 35.5 Å². The van der Waals surface area contributed by atoms with E-state index in [4.69, 9.17) is 17.3 Å². The zero-order valence-electron chi connectivity index (χ0n) is 11.8. The predicted molar refractivity (Wildman–Crippen MR) is 82.0 cm³/mol. The van der Waals surface area contributed by atoms with Crippen LogP contribution in [-0.2, 0) is 6.42 Å². The van der Waals surface area contributed by atoms with Crippen molar-refractivity contribution in [1.82, 2.24) is 24.8 Å². The number of fused-ring (bicyclic) bond motifs is 1. The van der Waals surface area contributed by atoms with Crippen LogP contribution in [0.2, 0.25) is 5.02 Å². The molecule has 0 saturated heterocycles. The summed E-state index contributed by atoms with van der Waals surface area (Å²) in [6.07, 6.45) is -0.417. The molecule has 3 aromatic rings. The van der Waals surface area contributed by atoms with Crippen molar-refractivity contribution in [3.63, 3.8) is 0 Å². The van der Waals surface area contributed by atoms with Crippen LogP contribution in [0.5, 0.6) is 0 Å². The average Bonchev–Trinajstić information content (AvgIpc) is 2.88. The van der Waals surface area contributed by atoms with Gasteiger partial charge in [0.25, 0.3) is 17.0 Å². The molecule has 3 N–H and O–H groups in total. The van der Waals surface area contributed by atoms with Crippen molar-refractivity contribution in [2.45, 2.75) is 6.42 Å². The number of benzene rings is 1. The Bertz CT molecular complexity index is 1040. The summed E-state index contributed by atoms with van der Waals surface area (Å²) in [7, 11) is 0. The molecule has 2 aromatic heterocycles. The second-order valence-electron chi connectivity index (χ2n) is 4.69. The monoisotopic (exact) mass is 349 g/mol. The minimum absolute atomic E-state index is 0.0139. The molecule has 0 bridgehead atoms. The first kappa shape index (κ1) is 15.6. The number of anilines is 1. The van der Waals surface area contributed by atoms with Crippen molar-refractivity contribution in [1.29, 1.82) is 0 Å². The molecule has 0 radical (unpaired) electrons. The highest BCUT2D eigenvalue weighted by Gasteiger charge is 2.21. The van der Waals surface area contributed by atoms with Gasteiger partial charge < -0.3 is 5.73 Å². The number of aromatic nitrogens is 5. The van der Waals surface area contributed by atoms with Crippen LogP contribution in [0, 0.1) is 10.1 Å². The molecule has 11 nitrogen and oxygen atoms in total. The summed E-state index contributed by atoms with van der Waals surface area (Å²) in [6, 6.07) is 3.84. The number of nitrogens with zero attached hydrogens (tertiary/aromatic N) is 5. The predicted octanol–water partition coefficient (Wildman–Crippen LogP) is 0.382. The molecular formula is C12H8ClN7O4. The SMILES string of the molecule is Nc1nnc2nc(CC(=O)c3cccc([N+](=O)[O-])c3Cl)c(=O)[nH]n12. The maximum absolute atomic E-state index is 12.3. The van der Waals surface area contributed by atoms with Crippen LogP contribution in [0.4, 0.5) is 11.6 Å². The Kier molecular flexibility index (Phi) is 3.69. The summed E-state index contributed by atoms with van der Waals surface area (Å²) in [4.78, 5) is 38.4. The number of nitrogens with one attached hydrogen (secondary N) is 1. The van der Waals surface area contributed by atoms with Gasteiger partial charge in [0.1, 0.15) is 10.7 Å². The number of H-pyrrole nitrogens is 1. The number of hydrogen-bond acceptors (Lipinski definition) is 8. The van der Waals surface area contributed by atoms with Crippen molar-refractivity contribution in [3.8, 4) is 0 Å². The fourth-order valence-corrected chi connectivity index (χ4v) is 2.35. The highest BCUT2D eigenvalue weighted by Crippen LogP contribution is 2.28. The highest BCUT2D eigenvalue weighted by atomic mass is 35.5. The molecule has 0 saturated carbocycles. The molecule has 0 aliphatic rings. The Labute approximate surface area is 137 Å². The van der Waals surface area contributed by atoms with Gasteiger partial charge in [-0.2, -0.15) is 4.52 Å². The molecule has 2 heterocycles. The van der Waals surface area contributed by atoms with Gasteiger partial charge >= 0.3 is 0 Å². The smallest absolute Gasteiger partial charge is 0.288 e. The fraction of sp³-hybridized carbons (Fsp3) is 0.0833. The van der Waals surface area contributed by atoms with E-state index >= 15 is 0 Å². The Morgan fingerprint density at radius 3 is 2.88 bits per heavy atom. The summed E-state index contributed by atoms with van der Waals surface area (Å²) in [6.45, 7) is 0. The summed E-state index contributed by atoms with van der Waals surface area (Å²) in [5.74, 6) is -0.646. The summed E-state index contributed by atoms with van der Waals surface area (Å²) in [5.41, 5.74) is 4.21. The van der Waals surface area contributed by atoms with Crippen molar-refractivity contribution in [3.05, 3.63) is 54.9 Å². The number of carbonyl (C=O) groups excluding carboxylic acids is 1. The molecule has 24 heavy (non-hydrogen) atoms. The second kappa shape index (κ2) is 5.70. The maximum Gasteiger partial charge on any atom is 0.288 e. The first-order valence-corrected chi connectivity index (χ1v) is 6.82. The number of Topliss-reactive ketones (excluding diaryl/α,β-unsaturated/α-hetero) is 1. The molecule has 3 rings (SSSR count). The Balaban J connectivity index is 1.99. The molecule has 0 aliphatic carbocycles. The molecule has 0 unspecified atom stereocenters. The Morgan fingerprint density at radius 2 is 2.17 bits per heavy atom. The zero-order chi connectivity index (χ0) is 17.4. The number of aromatic amines is 1. The number of nitrogens with two attached hydrogens (primary N) is 1. The molecule has 0 atom stereocenters. The van der Waals surface area contributed by atoms with E-state index < -0.39 is 28.4 Å². The lowest BCUT2D eigenvalue weighted by Gasteiger charge is -2.04. The number of nitrogen functional groups attached to an aromatic ring is 1. The third kappa shape index (κ3) is 2.56. The number of hydrogen-bond donors (Lipinski definition) is 2. The van der Waals surface area contributed by atoms with Gasteiger partial charge in [0, 0.05) is 11.6 Å². The molecular weight excluding hydrogens is 342 g/mol. The third-order valence-corrected chi connectivity index (χ3v) is 3.58. The van der Waals surface area contributed by atoms with Gasteiger partial charge in [0.15, 0.2) is 5.78 Å². The van der Waals surface area contributed by atoms with Gasteiger partial charge in [0.05, 0.1) is 11.3 Å². The van der Waals surface area contributed by atoms with E-state index in [1.165, 1.54) is 18.2 Å². The fourth-order valence-electron chi connectivity index (χ4n) is 2.05. The van der Waals surface area contributed by atoms with E-state index in [2.05, 4.69) is 20.3 Å². The largest absolute Gasteiger partial charge is 0.366 e. The molecule has 122 valence electrons. The van der Waals surface area contributed by atoms with E-state index in [1.807, 2.05) is 0 Å². The van der Waals surface area contributed by atoms with E-state index in [9.17, 15) is 19.7 Å². The maximum atomic E-state index is 12.3. The number of nitro groups is 1. The van der Waals surface area contributed by atoms with Crippen LogP contribution >= 0.6 is 11.6 Å². The highest BCUT2D eigenvalue weighted by molar-refractivity contribution is 6.36. The molecule has 0 spiro atoms. The van der Waals surface area contributed by atoms with E-state index in [0.29, 0.717) is 0 Å². The standard InChI is InChI=1S/C12H8ClN7O4/c13-9-5(2-1-3-7(9)20(23)24)8(21)4-6-10(22)18-19-11(14)16-17-12(19)15-6/h1-3H,4H2,(H2,14,16)(H,18,22). The van der Waals surface area contributed by atoms with Gasteiger partial charge in [-0.15, -0.1) is 10.2 Å². The molecule has 0 fully saturated rings. The van der Waals surface area contributed by atoms with Gasteiger partial charge in [-0.3, -0.25) is 24.8 Å². The molecule has 12 heteroatoms. The van der Waals surface area contributed by atoms with E-state index in [-0.39, 0.29) is 28.0 Å². The topological polar surface area (TPSA) is 162 Å². The van der Waals surface area contributed by atoms with Gasteiger partial charge in [-0.1, -0.05) is 17.7 Å². The minimum Gasteiger partial charge on any atom is -0.366 e. The van der Waals surface area contributed by atoms with Crippen LogP contribution in [0.15, 0.2) is 23.0 Å². The van der Waals surface area contributed by atoms with E-state index in [1.54, 1.807) is 0 Å². The van der Waals surface area contributed by atoms with Crippen LogP contribution in [0.3, 0.4) is 0 Å². The number of nitro benzene ring substituents is 1. The van der Waals surface area contributed by atoms with Crippen LogP contribution in [0.1, 0.15) is 16.1 Å². The number of rotatable bonds is 4. The van der Waals surface area contributed by atoms with Crippen LogP contribution in [0.25, 0.3) is 5.78 Å².